The molecule has 1 atom stereocenters. The van der Waals surface area contributed by atoms with Crippen LogP contribution in [0.15, 0.2) is 30.5 Å². The van der Waals surface area contributed by atoms with Crippen LogP contribution in [0.3, 0.4) is 0 Å². The molecule has 0 aliphatic carbocycles. The normalized spacial score (nSPS) is 12.8. The van der Waals surface area contributed by atoms with Gasteiger partial charge in [-0.1, -0.05) is 18.2 Å². The van der Waals surface area contributed by atoms with E-state index in [0.717, 1.165) is 16.5 Å². The standard InChI is InChI=1S/C13H15NO3/c1-14-8-9(6-7-12(15)13(16)17)10-4-2-3-5-11(10)14/h2-5,8,12,15H,6-7H2,1H3,(H,16,17). The third-order valence-corrected chi connectivity index (χ3v) is 2.95. The highest BCUT2D eigenvalue weighted by atomic mass is 16.4. The number of aromatic nitrogens is 1. The van der Waals surface area contributed by atoms with E-state index in [0.29, 0.717) is 6.42 Å². The number of aliphatic hydroxyl groups is 1. The second kappa shape index (κ2) is 4.59. The number of carbonyl (C=O) groups is 1. The van der Waals surface area contributed by atoms with Crippen LogP contribution in [0.2, 0.25) is 0 Å². The summed E-state index contributed by atoms with van der Waals surface area (Å²) >= 11 is 0. The van der Waals surface area contributed by atoms with Gasteiger partial charge >= 0.3 is 5.97 Å². The van der Waals surface area contributed by atoms with Crippen molar-refractivity contribution in [3.63, 3.8) is 0 Å². The Kier molecular flexibility index (Phi) is 3.15. The van der Waals surface area contributed by atoms with Crippen LogP contribution in [0, 0.1) is 0 Å². The second-order valence-corrected chi connectivity index (χ2v) is 4.18. The monoisotopic (exact) mass is 233 g/mol. The fourth-order valence-electron chi connectivity index (χ4n) is 2.04. The number of para-hydroxylation sites is 1. The van der Waals surface area contributed by atoms with Crippen molar-refractivity contribution in [1.82, 2.24) is 4.57 Å². The highest BCUT2D eigenvalue weighted by Crippen LogP contribution is 2.21. The van der Waals surface area contributed by atoms with E-state index >= 15 is 0 Å². The number of rotatable bonds is 4. The molecule has 0 radical (unpaired) electrons. The first-order chi connectivity index (χ1) is 8.09. The number of aliphatic hydroxyl groups excluding tert-OH is 1. The van der Waals surface area contributed by atoms with Crippen LogP contribution in [0.1, 0.15) is 12.0 Å². The summed E-state index contributed by atoms with van der Waals surface area (Å²) in [7, 11) is 1.96. The van der Waals surface area contributed by atoms with Gasteiger partial charge in [0.2, 0.25) is 0 Å². The third-order valence-electron chi connectivity index (χ3n) is 2.95. The molecule has 4 heteroatoms. The van der Waals surface area contributed by atoms with Gasteiger partial charge in [-0.2, -0.15) is 0 Å². The highest BCUT2D eigenvalue weighted by molar-refractivity contribution is 5.84. The molecule has 1 aromatic carbocycles. The van der Waals surface area contributed by atoms with Crippen LogP contribution < -0.4 is 0 Å². The maximum Gasteiger partial charge on any atom is 0.332 e. The molecule has 0 saturated heterocycles. The van der Waals surface area contributed by atoms with E-state index in [-0.39, 0.29) is 6.42 Å². The lowest BCUT2D eigenvalue weighted by molar-refractivity contribution is -0.146. The molecule has 2 N–H and O–H groups in total. The van der Waals surface area contributed by atoms with E-state index in [1.54, 1.807) is 0 Å². The van der Waals surface area contributed by atoms with Crippen molar-refractivity contribution in [2.24, 2.45) is 7.05 Å². The van der Waals surface area contributed by atoms with Crippen LogP contribution in [0.4, 0.5) is 0 Å². The van der Waals surface area contributed by atoms with Crippen molar-refractivity contribution in [3.05, 3.63) is 36.0 Å². The van der Waals surface area contributed by atoms with Crippen LogP contribution >= 0.6 is 0 Å². The van der Waals surface area contributed by atoms with E-state index < -0.39 is 12.1 Å². The number of carboxylic acid groups (broad SMARTS) is 1. The fraction of sp³-hybridized carbons (Fsp3) is 0.308. The largest absolute Gasteiger partial charge is 0.479 e. The molecule has 17 heavy (non-hydrogen) atoms. The van der Waals surface area contributed by atoms with Crippen molar-refractivity contribution in [2.45, 2.75) is 18.9 Å². The zero-order valence-electron chi connectivity index (χ0n) is 9.63. The first kappa shape index (κ1) is 11.7. The highest BCUT2D eigenvalue weighted by Gasteiger charge is 2.14. The molecule has 1 aromatic heterocycles. The van der Waals surface area contributed by atoms with Crippen LogP contribution in [-0.2, 0) is 18.3 Å². The van der Waals surface area contributed by atoms with Crippen molar-refractivity contribution >= 4 is 16.9 Å². The van der Waals surface area contributed by atoms with Gasteiger partial charge in [0.1, 0.15) is 0 Å². The summed E-state index contributed by atoms with van der Waals surface area (Å²) in [5.74, 6) is -1.16. The molecule has 1 heterocycles. The van der Waals surface area contributed by atoms with Crippen molar-refractivity contribution < 1.29 is 15.0 Å². The topological polar surface area (TPSA) is 62.5 Å². The maximum atomic E-state index is 10.5. The van der Waals surface area contributed by atoms with Gasteiger partial charge in [0.15, 0.2) is 6.10 Å². The fourth-order valence-corrected chi connectivity index (χ4v) is 2.04. The zero-order valence-corrected chi connectivity index (χ0v) is 9.63. The summed E-state index contributed by atoms with van der Waals surface area (Å²) in [6.45, 7) is 0. The Morgan fingerprint density at radius 2 is 2.12 bits per heavy atom. The first-order valence-electron chi connectivity index (χ1n) is 5.53. The van der Waals surface area contributed by atoms with E-state index in [1.165, 1.54) is 0 Å². The molecule has 2 aromatic rings. The van der Waals surface area contributed by atoms with Gasteiger partial charge in [0.25, 0.3) is 0 Å². The van der Waals surface area contributed by atoms with Gasteiger partial charge in [0.05, 0.1) is 0 Å². The lowest BCUT2D eigenvalue weighted by Crippen LogP contribution is -2.19. The van der Waals surface area contributed by atoms with E-state index in [2.05, 4.69) is 0 Å². The SMILES string of the molecule is Cn1cc(CCC(O)C(=O)O)c2ccccc21. The number of aryl methyl sites for hydroxylation is 2. The number of carboxylic acids is 1. The third kappa shape index (κ3) is 2.31. The first-order valence-corrected chi connectivity index (χ1v) is 5.53. The molecular weight excluding hydrogens is 218 g/mol. The molecule has 0 fully saturated rings. The number of fused-ring (bicyclic) bond motifs is 1. The van der Waals surface area contributed by atoms with Gasteiger partial charge in [-0.15, -0.1) is 0 Å². The quantitative estimate of drug-likeness (QED) is 0.842. The molecule has 0 aliphatic rings. The minimum absolute atomic E-state index is 0.239. The number of hydrogen-bond donors (Lipinski definition) is 2. The smallest absolute Gasteiger partial charge is 0.332 e. The van der Waals surface area contributed by atoms with Crippen LogP contribution in [0.5, 0.6) is 0 Å². The molecule has 2 rings (SSSR count). The van der Waals surface area contributed by atoms with Crippen molar-refractivity contribution in [1.29, 1.82) is 0 Å². The van der Waals surface area contributed by atoms with Gasteiger partial charge in [-0.3, -0.25) is 0 Å². The summed E-state index contributed by atoms with van der Waals surface area (Å²) < 4.78 is 2.01. The second-order valence-electron chi connectivity index (χ2n) is 4.18. The zero-order chi connectivity index (χ0) is 12.4. The predicted octanol–water partition coefficient (Wildman–Crippen LogP) is 1.56. The van der Waals surface area contributed by atoms with Crippen LogP contribution in [-0.4, -0.2) is 26.9 Å². The summed E-state index contributed by atoms with van der Waals surface area (Å²) in [5.41, 5.74) is 2.19. The molecule has 0 saturated carbocycles. The summed E-state index contributed by atoms with van der Waals surface area (Å²) in [4.78, 5) is 10.5. The molecule has 1 unspecified atom stereocenters. The Balaban J connectivity index is 2.22. The lowest BCUT2D eigenvalue weighted by Gasteiger charge is -2.03. The maximum absolute atomic E-state index is 10.5. The minimum atomic E-state index is -1.28. The van der Waals surface area contributed by atoms with Crippen LogP contribution in [0.25, 0.3) is 10.9 Å². The minimum Gasteiger partial charge on any atom is -0.479 e. The van der Waals surface area contributed by atoms with E-state index in [1.807, 2.05) is 42.1 Å². The lowest BCUT2D eigenvalue weighted by atomic mass is 10.1. The summed E-state index contributed by atoms with van der Waals surface area (Å²) in [6.07, 6.45) is 1.51. The molecule has 90 valence electrons. The van der Waals surface area contributed by atoms with E-state index in [9.17, 15) is 9.90 Å². The number of hydrogen-bond acceptors (Lipinski definition) is 2. The summed E-state index contributed by atoms with van der Waals surface area (Å²) in [5, 5.41) is 19.0. The number of aliphatic carboxylic acids is 1. The Hall–Kier alpha value is -1.81. The Bertz CT molecular complexity index is 545. The molecular formula is C13H15NO3. The van der Waals surface area contributed by atoms with Crippen molar-refractivity contribution in [3.8, 4) is 0 Å². The van der Waals surface area contributed by atoms with Gasteiger partial charge < -0.3 is 14.8 Å². The molecule has 4 nitrogen and oxygen atoms in total. The van der Waals surface area contributed by atoms with Gasteiger partial charge in [0, 0.05) is 24.1 Å². The molecule has 0 aliphatic heterocycles. The molecule has 0 bridgehead atoms. The van der Waals surface area contributed by atoms with E-state index in [4.69, 9.17) is 5.11 Å². The average molecular weight is 233 g/mol. The number of benzene rings is 1. The number of nitrogens with zero attached hydrogens (tertiary/aromatic N) is 1. The Morgan fingerprint density at radius 3 is 2.82 bits per heavy atom. The summed E-state index contributed by atoms with van der Waals surface area (Å²) in [6, 6.07) is 7.96. The molecule has 0 spiro atoms. The van der Waals surface area contributed by atoms with Gasteiger partial charge in [-0.05, 0) is 24.5 Å². The Morgan fingerprint density at radius 1 is 1.41 bits per heavy atom. The van der Waals surface area contributed by atoms with Gasteiger partial charge in [-0.25, -0.2) is 4.79 Å². The predicted molar refractivity (Wildman–Crippen MR) is 64.9 cm³/mol. The molecule has 0 amide bonds. The van der Waals surface area contributed by atoms with Crippen molar-refractivity contribution in [2.75, 3.05) is 0 Å². The average Bonchev–Trinajstić information content (AvgIpc) is 2.64. The Labute approximate surface area is 99.1 Å².